The van der Waals surface area contributed by atoms with E-state index >= 15 is 0 Å². The molecule has 148 valence electrons. The number of anilines is 1. The highest BCUT2D eigenvalue weighted by molar-refractivity contribution is 5.96. The maximum Gasteiger partial charge on any atom is 0.321 e. The Hall–Kier alpha value is -2.48. The van der Waals surface area contributed by atoms with Crippen LogP contribution in [0.4, 0.5) is 14.9 Å². The predicted molar refractivity (Wildman–Crippen MR) is 101 cm³/mol. The Morgan fingerprint density at radius 3 is 2.56 bits per heavy atom. The van der Waals surface area contributed by atoms with Crippen LogP contribution in [0.2, 0.25) is 0 Å². The molecule has 0 saturated heterocycles. The highest BCUT2D eigenvalue weighted by Crippen LogP contribution is 2.23. The second-order valence-corrected chi connectivity index (χ2v) is 7.12. The number of nitrogens with one attached hydrogen (secondary N) is 3. The zero-order valence-corrected chi connectivity index (χ0v) is 15.8. The van der Waals surface area contributed by atoms with Crippen molar-refractivity contribution in [3.63, 3.8) is 0 Å². The van der Waals surface area contributed by atoms with Gasteiger partial charge in [-0.05, 0) is 44.0 Å². The van der Waals surface area contributed by atoms with Crippen molar-refractivity contribution in [2.45, 2.75) is 38.6 Å². The molecular weight excluding hydrogens is 351 g/mol. The summed E-state index contributed by atoms with van der Waals surface area (Å²) in [5.41, 5.74) is 0.346. The third kappa shape index (κ3) is 7.34. The topological polar surface area (TPSA) is 90.5 Å². The SMILES string of the molecule is CC1CCCCC1NC(=O)NC(=O)CN(C)CC(=O)Nc1cccc(F)c1. The van der Waals surface area contributed by atoms with Crippen molar-refractivity contribution in [3.8, 4) is 0 Å². The molecule has 1 aliphatic carbocycles. The molecule has 0 radical (unpaired) electrons. The lowest BCUT2D eigenvalue weighted by Gasteiger charge is -2.29. The number of imide groups is 1. The maximum absolute atomic E-state index is 13.1. The summed E-state index contributed by atoms with van der Waals surface area (Å²) in [6, 6.07) is 5.14. The van der Waals surface area contributed by atoms with Crippen molar-refractivity contribution < 1.29 is 18.8 Å². The normalized spacial score (nSPS) is 19.4. The van der Waals surface area contributed by atoms with Crippen LogP contribution in [0, 0.1) is 11.7 Å². The van der Waals surface area contributed by atoms with Crippen molar-refractivity contribution in [3.05, 3.63) is 30.1 Å². The quantitative estimate of drug-likeness (QED) is 0.707. The molecule has 1 aromatic rings. The Kier molecular flexibility index (Phi) is 7.72. The maximum atomic E-state index is 13.1. The molecule has 7 nitrogen and oxygen atoms in total. The second-order valence-electron chi connectivity index (χ2n) is 7.12. The van der Waals surface area contributed by atoms with Gasteiger partial charge < -0.3 is 10.6 Å². The van der Waals surface area contributed by atoms with E-state index in [1.165, 1.54) is 29.5 Å². The fraction of sp³-hybridized carbons (Fsp3) is 0.526. The van der Waals surface area contributed by atoms with Crippen molar-refractivity contribution in [1.29, 1.82) is 0 Å². The van der Waals surface area contributed by atoms with E-state index < -0.39 is 17.8 Å². The monoisotopic (exact) mass is 378 g/mol. The summed E-state index contributed by atoms with van der Waals surface area (Å²) in [6.07, 6.45) is 4.24. The largest absolute Gasteiger partial charge is 0.335 e. The van der Waals surface area contributed by atoms with Crippen LogP contribution in [0.25, 0.3) is 0 Å². The third-order valence-corrected chi connectivity index (χ3v) is 4.62. The molecule has 0 spiro atoms. The zero-order valence-electron chi connectivity index (χ0n) is 15.8. The number of benzene rings is 1. The highest BCUT2D eigenvalue weighted by Gasteiger charge is 2.23. The summed E-state index contributed by atoms with van der Waals surface area (Å²) in [6.45, 7) is 1.92. The van der Waals surface area contributed by atoms with Crippen LogP contribution in [0.3, 0.4) is 0 Å². The number of rotatable bonds is 6. The zero-order chi connectivity index (χ0) is 19.8. The number of carbonyl (C=O) groups excluding carboxylic acids is 3. The molecule has 2 unspecified atom stereocenters. The van der Waals surface area contributed by atoms with Gasteiger partial charge in [-0.3, -0.25) is 19.8 Å². The van der Waals surface area contributed by atoms with Crippen molar-refractivity contribution >= 4 is 23.5 Å². The van der Waals surface area contributed by atoms with Gasteiger partial charge >= 0.3 is 6.03 Å². The standard InChI is InChI=1S/C19H27FN4O3/c1-13-6-3-4-9-16(13)22-19(27)23-18(26)12-24(2)11-17(25)21-15-8-5-7-14(20)10-15/h5,7-8,10,13,16H,3-4,6,9,11-12H2,1-2H3,(H,21,25)(H2,22,23,26,27). The van der Waals surface area contributed by atoms with Crippen molar-refractivity contribution in [2.24, 2.45) is 5.92 Å². The summed E-state index contributed by atoms with van der Waals surface area (Å²) in [4.78, 5) is 37.4. The Morgan fingerprint density at radius 1 is 1.15 bits per heavy atom. The first kappa shape index (κ1) is 20.8. The van der Waals surface area contributed by atoms with Gasteiger partial charge in [-0.2, -0.15) is 0 Å². The Labute approximate surface area is 158 Å². The minimum absolute atomic E-state index is 0.0643. The van der Waals surface area contributed by atoms with Crippen LogP contribution < -0.4 is 16.0 Å². The molecule has 4 amide bonds. The molecule has 0 heterocycles. The van der Waals surface area contributed by atoms with Gasteiger partial charge in [0, 0.05) is 11.7 Å². The van der Waals surface area contributed by atoms with E-state index in [1.807, 2.05) is 0 Å². The number of carbonyl (C=O) groups is 3. The molecule has 0 aromatic heterocycles. The molecule has 27 heavy (non-hydrogen) atoms. The highest BCUT2D eigenvalue weighted by atomic mass is 19.1. The lowest BCUT2D eigenvalue weighted by Crippen LogP contribution is -2.50. The van der Waals surface area contributed by atoms with E-state index in [1.54, 1.807) is 13.1 Å². The van der Waals surface area contributed by atoms with Gasteiger partial charge in [-0.25, -0.2) is 9.18 Å². The van der Waals surface area contributed by atoms with Crippen LogP contribution in [-0.2, 0) is 9.59 Å². The van der Waals surface area contributed by atoms with Gasteiger partial charge in [0.05, 0.1) is 13.1 Å². The number of amides is 4. The van der Waals surface area contributed by atoms with E-state index in [0.29, 0.717) is 11.6 Å². The number of urea groups is 1. The molecule has 1 aromatic carbocycles. The number of halogens is 1. The fourth-order valence-corrected chi connectivity index (χ4v) is 3.21. The smallest absolute Gasteiger partial charge is 0.321 e. The lowest BCUT2D eigenvalue weighted by atomic mass is 9.86. The first-order valence-electron chi connectivity index (χ1n) is 9.18. The van der Waals surface area contributed by atoms with Crippen LogP contribution in [0.15, 0.2) is 24.3 Å². The fourth-order valence-electron chi connectivity index (χ4n) is 3.21. The van der Waals surface area contributed by atoms with E-state index in [-0.39, 0.29) is 25.0 Å². The second kappa shape index (κ2) is 10.0. The Bertz CT molecular complexity index is 683. The van der Waals surface area contributed by atoms with Gasteiger partial charge in [-0.15, -0.1) is 0 Å². The minimum atomic E-state index is -0.503. The van der Waals surface area contributed by atoms with Gasteiger partial charge in [0.1, 0.15) is 5.82 Å². The number of nitrogens with zero attached hydrogens (tertiary/aromatic N) is 1. The summed E-state index contributed by atoms with van der Waals surface area (Å²) in [5, 5.41) is 7.70. The summed E-state index contributed by atoms with van der Waals surface area (Å²) in [7, 11) is 1.59. The molecule has 2 atom stereocenters. The average molecular weight is 378 g/mol. The average Bonchev–Trinajstić information content (AvgIpc) is 2.56. The molecular formula is C19H27FN4O3. The van der Waals surface area contributed by atoms with Crippen LogP contribution in [0.5, 0.6) is 0 Å². The predicted octanol–water partition coefficient (Wildman–Crippen LogP) is 2.10. The number of hydrogen-bond acceptors (Lipinski definition) is 4. The molecule has 1 fully saturated rings. The van der Waals surface area contributed by atoms with Crippen LogP contribution in [-0.4, -0.2) is 48.9 Å². The molecule has 0 bridgehead atoms. The van der Waals surface area contributed by atoms with E-state index in [2.05, 4.69) is 22.9 Å². The molecule has 0 aliphatic heterocycles. The molecule has 3 N–H and O–H groups in total. The summed E-state index contributed by atoms with van der Waals surface area (Å²) in [5.74, 6) is -0.916. The summed E-state index contributed by atoms with van der Waals surface area (Å²) >= 11 is 0. The van der Waals surface area contributed by atoms with Gasteiger partial charge in [0.25, 0.3) is 0 Å². The van der Waals surface area contributed by atoms with E-state index in [0.717, 1.165) is 19.3 Å². The van der Waals surface area contributed by atoms with E-state index in [9.17, 15) is 18.8 Å². The third-order valence-electron chi connectivity index (χ3n) is 4.62. The number of hydrogen-bond donors (Lipinski definition) is 3. The van der Waals surface area contributed by atoms with Crippen molar-refractivity contribution in [2.75, 3.05) is 25.5 Å². The molecule has 2 rings (SSSR count). The minimum Gasteiger partial charge on any atom is -0.335 e. The van der Waals surface area contributed by atoms with Gasteiger partial charge in [0.15, 0.2) is 0 Å². The lowest BCUT2D eigenvalue weighted by molar-refractivity contribution is -0.122. The van der Waals surface area contributed by atoms with Crippen molar-refractivity contribution in [1.82, 2.24) is 15.5 Å². The summed E-state index contributed by atoms with van der Waals surface area (Å²) < 4.78 is 13.1. The first-order chi connectivity index (χ1) is 12.8. The Morgan fingerprint density at radius 2 is 1.85 bits per heavy atom. The Balaban J connectivity index is 1.71. The van der Waals surface area contributed by atoms with E-state index in [4.69, 9.17) is 0 Å². The molecule has 8 heteroatoms. The van der Waals surface area contributed by atoms with Gasteiger partial charge in [-0.1, -0.05) is 25.8 Å². The van der Waals surface area contributed by atoms with Crippen LogP contribution >= 0.6 is 0 Å². The molecule has 1 aliphatic rings. The number of likely N-dealkylation sites (N-methyl/N-ethyl adjacent to an activating group) is 1. The first-order valence-corrected chi connectivity index (χ1v) is 9.18. The van der Waals surface area contributed by atoms with Crippen LogP contribution in [0.1, 0.15) is 32.6 Å². The molecule has 1 saturated carbocycles. The van der Waals surface area contributed by atoms with Gasteiger partial charge in [0.2, 0.25) is 11.8 Å².